The van der Waals surface area contributed by atoms with Gasteiger partial charge in [0.15, 0.2) is 5.65 Å². The fourth-order valence-corrected chi connectivity index (χ4v) is 1.68. The van der Waals surface area contributed by atoms with Gasteiger partial charge < -0.3 is 11.1 Å². The minimum Gasteiger partial charge on any atom is -0.354 e. The van der Waals surface area contributed by atoms with E-state index in [0.717, 1.165) is 11.5 Å². The molecule has 0 unspecified atom stereocenters. The first kappa shape index (κ1) is 12.5. The van der Waals surface area contributed by atoms with E-state index in [-0.39, 0.29) is 5.91 Å². The maximum absolute atomic E-state index is 11.5. The summed E-state index contributed by atoms with van der Waals surface area (Å²) in [7, 11) is 0. The second-order valence-electron chi connectivity index (χ2n) is 4.10. The molecule has 2 heterocycles. The number of amides is 1. The number of nitrogens with one attached hydrogen (secondary N) is 1. The Morgan fingerprint density at radius 2 is 2.33 bits per heavy atom. The molecule has 0 aliphatic carbocycles. The number of hydrogen-bond acceptors (Lipinski definition) is 4. The van der Waals surface area contributed by atoms with E-state index in [9.17, 15) is 4.79 Å². The Balaban J connectivity index is 1.93. The van der Waals surface area contributed by atoms with Crippen LogP contribution in [0.15, 0.2) is 24.4 Å². The van der Waals surface area contributed by atoms with Gasteiger partial charge in [0.05, 0.1) is 6.04 Å². The average molecular weight is 247 g/mol. The van der Waals surface area contributed by atoms with Crippen LogP contribution in [0.25, 0.3) is 5.65 Å². The topological polar surface area (TPSA) is 85.3 Å². The summed E-state index contributed by atoms with van der Waals surface area (Å²) in [5.74, 6) is 0.710. The first-order chi connectivity index (χ1) is 8.72. The van der Waals surface area contributed by atoms with E-state index in [2.05, 4.69) is 15.5 Å². The van der Waals surface area contributed by atoms with Gasteiger partial charge in [-0.25, -0.2) is 0 Å². The predicted octanol–water partition coefficient (Wildman–Crippen LogP) is 0.125. The van der Waals surface area contributed by atoms with Gasteiger partial charge in [0.2, 0.25) is 5.91 Å². The Morgan fingerprint density at radius 1 is 1.50 bits per heavy atom. The summed E-state index contributed by atoms with van der Waals surface area (Å²) in [5, 5.41) is 10.9. The molecule has 0 bridgehead atoms. The highest BCUT2D eigenvalue weighted by atomic mass is 16.2. The van der Waals surface area contributed by atoms with Crippen molar-refractivity contribution >= 4 is 11.6 Å². The molecule has 0 aliphatic rings. The van der Waals surface area contributed by atoms with Gasteiger partial charge in [-0.3, -0.25) is 9.20 Å². The Kier molecular flexibility index (Phi) is 3.88. The van der Waals surface area contributed by atoms with Gasteiger partial charge in [0.1, 0.15) is 5.82 Å². The number of nitrogens with two attached hydrogens (primary N) is 1. The van der Waals surface area contributed by atoms with Crippen molar-refractivity contribution in [2.45, 2.75) is 25.8 Å². The van der Waals surface area contributed by atoms with Crippen molar-refractivity contribution in [3.63, 3.8) is 0 Å². The molecule has 1 atom stereocenters. The lowest BCUT2D eigenvalue weighted by molar-refractivity contribution is -0.122. The van der Waals surface area contributed by atoms with Crippen LogP contribution in [0.3, 0.4) is 0 Å². The van der Waals surface area contributed by atoms with Crippen LogP contribution >= 0.6 is 0 Å². The third-order valence-corrected chi connectivity index (χ3v) is 2.81. The normalized spacial score (nSPS) is 12.6. The van der Waals surface area contributed by atoms with Gasteiger partial charge in [-0.2, -0.15) is 0 Å². The predicted molar refractivity (Wildman–Crippen MR) is 68.0 cm³/mol. The number of pyridine rings is 1. The highest BCUT2D eigenvalue weighted by Crippen LogP contribution is 2.02. The zero-order chi connectivity index (χ0) is 13.0. The van der Waals surface area contributed by atoms with Crippen molar-refractivity contribution in [1.29, 1.82) is 0 Å². The molecule has 2 aromatic rings. The summed E-state index contributed by atoms with van der Waals surface area (Å²) in [5.41, 5.74) is 6.43. The van der Waals surface area contributed by atoms with Crippen LogP contribution in [0.1, 0.15) is 19.2 Å². The van der Waals surface area contributed by atoms with Crippen LogP contribution < -0.4 is 11.1 Å². The van der Waals surface area contributed by atoms with Crippen LogP contribution in [0.4, 0.5) is 0 Å². The number of nitrogens with zero attached hydrogens (tertiary/aromatic N) is 3. The molecular formula is C12H17N5O. The molecule has 1 amide bonds. The molecule has 0 radical (unpaired) electrons. The van der Waals surface area contributed by atoms with E-state index in [1.165, 1.54) is 0 Å². The van der Waals surface area contributed by atoms with Crippen molar-refractivity contribution in [2.75, 3.05) is 6.54 Å². The molecule has 18 heavy (non-hydrogen) atoms. The summed E-state index contributed by atoms with van der Waals surface area (Å²) < 4.78 is 1.91. The molecule has 0 spiro atoms. The summed E-state index contributed by atoms with van der Waals surface area (Å²) in [6.07, 6.45) is 3.18. The van der Waals surface area contributed by atoms with Crippen LogP contribution in [0, 0.1) is 0 Å². The van der Waals surface area contributed by atoms with Crippen molar-refractivity contribution < 1.29 is 4.79 Å². The van der Waals surface area contributed by atoms with Crippen molar-refractivity contribution in [1.82, 2.24) is 19.9 Å². The Morgan fingerprint density at radius 3 is 3.11 bits per heavy atom. The van der Waals surface area contributed by atoms with Crippen LogP contribution in [-0.4, -0.2) is 33.1 Å². The van der Waals surface area contributed by atoms with E-state index < -0.39 is 6.04 Å². The van der Waals surface area contributed by atoms with Gasteiger partial charge in [-0.15, -0.1) is 10.2 Å². The van der Waals surface area contributed by atoms with Gasteiger partial charge in [-0.05, 0) is 18.6 Å². The average Bonchev–Trinajstić information content (AvgIpc) is 2.81. The highest BCUT2D eigenvalue weighted by molar-refractivity contribution is 5.81. The minimum atomic E-state index is -0.430. The van der Waals surface area contributed by atoms with E-state index in [4.69, 9.17) is 5.73 Å². The van der Waals surface area contributed by atoms with Crippen molar-refractivity contribution in [3.8, 4) is 0 Å². The van der Waals surface area contributed by atoms with E-state index >= 15 is 0 Å². The van der Waals surface area contributed by atoms with E-state index in [0.29, 0.717) is 19.4 Å². The fourth-order valence-electron chi connectivity index (χ4n) is 1.68. The zero-order valence-electron chi connectivity index (χ0n) is 10.3. The number of aromatic nitrogens is 3. The van der Waals surface area contributed by atoms with Gasteiger partial charge in [-0.1, -0.05) is 13.0 Å². The molecule has 0 saturated heterocycles. The number of fused-ring (bicyclic) bond motifs is 1. The molecule has 6 nitrogen and oxygen atoms in total. The van der Waals surface area contributed by atoms with Crippen LogP contribution in [0.5, 0.6) is 0 Å². The summed E-state index contributed by atoms with van der Waals surface area (Å²) in [4.78, 5) is 11.5. The summed E-state index contributed by atoms with van der Waals surface area (Å²) >= 11 is 0. The lowest BCUT2D eigenvalue weighted by Crippen LogP contribution is -2.40. The monoisotopic (exact) mass is 247 g/mol. The molecule has 2 rings (SSSR count). The summed E-state index contributed by atoms with van der Waals surface area (Å²) in [6.45, 7) is 2.40. The largest absolute Gasteiger partial charge is 0.354 e. The first-order valence-electron chi connectivity index (χ1n) is 6.04. The number of rotatable bonds is 5. The molecule has 0 aliphatic heterocycles. The second-order valence-corrected chi connectivity index (χ2v) is 4.10. The summed E-state index contributed by atoms with van der Waals surface area (Å²) in [6, 6.07) is 5.30. The van der Waals surface area contributed by atoms with Crippen molar-refractivity contribution in [3.05, 3.63) is 30.2 Å². The third-order valence-electron chi connectivity index (χ3n) is 2.81. The highest BCUT2D eigenvalue weighted by Gasteiger charge is 2.10. The van der Waals surface area contributed by atoms with Gasteiger partial charge in [0, 0.05) is 19.2 Å². The Bertz CT molecular complexity index is 536. The molecule has 0 aromatic carbocycles. The SMILES string of the molecule is CC[C@@H](N)C(=O)NCCc1nnc2ccccn12. The van der Waals surface area contributed by atoms with Gasteiger partial charge in [0.25, 0.3) is 0 Å². The van der Waals surface area contributed by atoms with E-state index in [1.54, 1.807) is 0 Å². The quantitative estimate of drug-likeness (QED) is 0.786. The van der Waals surface area contributed by atoms with E-state index in [1.807, 2.05) is 35.7 Å². The molecule has 96 valence electrons. The standard InChI is InChI=1S/C12H17N5O/c1-2-9(13)12(18)14-7-6-11-16-15-10-5-3-4-8-17(10)11/h3-5,8-9H,2,6-7,13H2,1H3,(H,14,18)/t9-/m1/s1. The zero-order valence-corrected chi connectivity index (χ0v) is 10.3. The van der Waals surface area contributed by atoms with Crippen LogP contribution in [0.2, 0.25) is 0 Å². The molecular weight excluding hydrogens is 230 g/mol. The molecule has 3 N–H and O–H groups in total. The second kappa shape index (κ2) is 5.59. The number of carbonyl (C=O) groups is 1. The molecule has 2 aromatic heterocycles. The molecule has 0 saturated carbocycles. The molecule has 6 heteroatoms. The maximum Gasteiger partial charge on any atom is 0.236 e. The van der Waals surface area contributed by atoms with Crippen molar-refractivity contribution in [2.24, 2.45) is 5.73 Å². The lowest BCUT2D eigenvalue weighted by Gasteiger charge is -2.09. The smallest absolute Gasteiger partial charge is 0.236 e. The Labute approximate surface area is 105 Å². The lowest BCUT2D eigenvalue weighted by atomic mass is 10.2. The number of hydrogen-bond donors (Lipinski definition) is 2. The fraction of sp³-hybridized carbons (Fsp3) is 0.417. The third kappa shape index (κ3) is 2.65. The first-order valence-corrected chi connectivity index (χ1v) is 6.04. The Hall–Kier alpha value is -1.95. The van der Waals surface area contributed by atoms with Crippen LogP contribution in [-0.2, 0) is 11.2 Å². The van der Waals surface area contributed by atoms with Gasteiger partial charge >= 0.3 is 0 Å². The maximum atomic E-state index is 11.5. The number of carbonyl (C=O) groups excluding carboxylic acids is 1. The minimum absolute atomic E-state index is 0.119. The molecule has 0 fully saturated rings.